The third-order valence-electron chi connectivity index (χ3n) is 3.48. The normalized spacial score (nSPS) is 42.4. The molecule has 5 heteroatoms. The Morgan fingerprint density at radius 1 is 1.44 bits per heavy atom. The molecule has 0 aromatic rings. The van der Waals surface area contributed by atoms with Crippen LogP contribution < -0.4 is 0 Å². The SMILES string of the molecule is CC1(C)OC[C@H]([C@H]2OC(=O)[C@@H]3CCCN23)O1. The van der Waals surface area contributed by atoms with Crippen molar-refractivity contribution in [3.8, 4) is 0 Å². The zero-order valence-corrected chi connectivity index (χ0v) is 9.64. The standard InChI is InChI=1S/C11H17NO4/c1-11(2)14-6-8(16-11)9-12-5-3-4-7(12)10(13)15-9/h7-9H,3-6H2,1-2H3/t7-,8+,9+/m0/s1. The van der Waals surface area contributed by atoms with Crippen LogP contribution in [0, 0.1) is 0 Å². The van der Waals surface area contributed by atoms with Crippen LogP contribution in [0.4, 0.5) is 0 Å². The van der Waals surface area contributed by atoms with E-state index in [2.05, 4.69) is 4.90 Å². The topological polar surface area (TPSA) is 48.0 Å². The fourth-order valence-corrected chi connectivity index (χ4v) is 2.76. The van der Waals surface area contributed by atoms with Gasteiger partial charge in [0.1, 0.15) is 12.1 Å². The molecule has 3 heterocycles. The van der Waals surface area contributed by atoms with E-state index in [9.17, 15) is 4.79 Å². The highest BCUT2D eigenvalue weighted by Gasteiger charge is 2.51. The first kappa shape index (κ1) is 10.5. The molecule has 0 radical (unpaired) electrons. The van der Waals surface area contributed by atoms with Crippen molar-refractivity contribution in [3.05, 3.63) is 0 Å². The molecule has 0 unspecified atom stereocenters. The second-order valence-corrected chi connectivity index (χ2v) is 5.09. The van der Waals surface area contributed by atoms with Gasteiger partial charge < -0.3 is 14.2 Å². The summed E-state index contributed by atoms with van der Waals surface area (Å²) in [6, 6.07) is -0.0442. The van der Waals surface area contributed by atoms with Gasteiger partial charge in [-0.05, 0) is 26.7 Å². The first-order valence-electron chi connectivity index (χ1n) is 5.85. The van der Waals surface area contributed by atoms with Gasteiger partial charge in [0, 0.05) is 6.54 Å². The number of carbonyl (C=O) groups is 1. The second kappa shape index (κ2) is 3.42. The fraction of sp³-hybridized carbons (Fsp3) is 0.909. The number of hydrogen-bond acceptors (Lipinski definition) is 5. The summed E-state index contributed by atoms with van der Waals surface area (Å²) in [6.45, 7) is 5.17. The molecule has 0 amide bonds. The summed E-state index contributed by atoms with van der Waals surface area (Å²) < 4.78 is 16.6. The largest absolute Gasteiger partial charge is 0.442 e. The van der Waals surface area contributed by atoms with E-state index in [4.69, 9.17) is 14.2 Å². The zero-order valence-electron chi connectivity index (χ0n) is 9.64. The van der Waals surface area contributed by atoms with Crippen LogP contribution >= 0.6 is 0 Å². The zero-order chi connectivity index (χ0) is 11.3. The number of esters is 1. The highest BCUT2D eigenvalue weighted by Crippen LogP contribution is 2.34. The molecule has 90 valence electrons. The summed E-state index contributed by atoms with van der Waals surface area (Å²) in [5.41, 5.74) is 0. The van der Waals surface area contributed by atoms with Gasteiger partial charge in [-0.1, -0.05) is 0 Å². The van der Waals surface area contributed by atoms with Crippen LogP contribution in [0.1, 0.15) is 26.7 Å². The quantitative estimate of drug-likeness (QED) is 0.610. The van der Waals surface area contributed by atoms with Crippen molar-refractivity contribution < 1.29 is 19.0 Å². The van der Waals surface area contributed by atoms with Gasteiger partial charge in [-0.2, -0.15) is 0 Å². The van der Waals surface area contributed by atoms with E-state index < -0.39 is 5.79 Å². The predicted octanol–water partition coefficient (Wildman–Crippen LogP) is 0.485. The van der Waals surface area contributed by atoms with Gasteiger partial charge in [0.15, 0.2) is 12.0 Å². The Bertz CT molecular complexity index is 317. The van der Waals surface area contributed by atoms with Crippen LogP contribution in [0.25, 0.3) is 0 Å². The lowest BCUT2D eigenvalue weighted by molar-refractivity contribution is -0.170. The molecule has 16 heavy (non-hydrogen) atoms. The molecule has 0 aliphatic carbocycles. The molecule has 0 saturated carbocycles. The summed E-state index contributed by atoms with van der Waals surface area (Å²) >= 11 is 0. The van der Waals surface area contributed by atoms with Gasteiger partial charge in [-0.25, -0.2) is 0 Å². The highest BCUT2D eigenvalue weighted by atomic mass is 16.8. The number of fused-ring (bicyclic) bond motifs is 1. The maximum Gasteiger partial charge on any atom is 0.325 e. The predicted molar refractivity (Wildman–Crippen MR) is 54.5 cm³/mol. The number of carbonyl (C=O) groups excluding carboxylic acids is 1. The van der Waals surface area contributed by atoms with Crippen LogP contribution in [0.15, 0.2) is 0 Å². The van der Waals surface area contributed by atoms with Crippen molar-refractivity contribution in [2.24, 2.45) is 0 Å². The minimum atomic E-state index is -0.561. The average Bonchev–Trinajstić information content (AvgIpc) is 2.84. The van der Waals surface area contributed by atoms with Crippen molar-refractivity contribution in [1.82, 2.24) is 4.90 Å². The Morgan fingerprint density at radius 3 is 2.94 bits per heavy atom. The second-order valence-electron chi connectivity index (χ2n) is 5.09. The third kappa shape index (κ3) is 1.54. The molecule has 0 spiro atoms. The van der Waals surface area contributed by atoms with Crippen LogP contribution in [0.3, 0.4) is 0 Å². The first-order chi connectivity index (χ1) is 7.57. The fourth-order valence-electron chi connectivity index (χ4n) is 2.76. The molecular weight excluding hydrogens is 210 g/mol. The summed E-state index contributed by atoms with van der Waals surface area (Å²) in [5, 5.41) is 0. The maximum atomic E-state index is 11.6. The lowest BCUT2D eigenvalue weighted by atomic mass is 10.2. The number of ether oxygens (including phenoxy) is 3. The minimum absolute atomic E-state index is 0.0442. The van der Waals surface area contributed by atoms with E-state index in [0.717, 1.165) is 19.4 Å². The van der Waals surface area contributed by atoms with E-state index in [1.165, 1.54) is 0 Å². The van der Waals surface area contributed by atoms with E-state index in [1.807, 2.05) is 13.8 Å². The number of cyclic esters (lactones) is 1. The van der Waals surface area contributed by atoms with Crippen molar-refractivity contribution in [2.45, 2.75) is 50.8 Å². The van der Waals surface area contributed by atoms with Crippen molar-refractivity contribution in [3.63, 3.8) is 0 Å². The van der Waals surface area contributed by atoms with Gasteiger partial charge in [0.25, 0.3) is 0 Å². The Hall–Kier alpha value is -0.650. The Morgan fingerprint density at radius 2 is 2.25 bits per heavy atom. The smallest absolute Gasteiger partial charge is 0.325 e. The van der Waals surface area contributed by atoms with Gasteiger partial charge in [0.05, 0.1) is 6.61 Å². The van der Waals surface area contributed by atoms with Gasteiger partial charge >= 0.3 is 5.97 Å². The summed E-state index contributed by atoms with van der Waals surface area (Å²) in [7, 11) is 0. The Balaban J connectivity index is 1.74. The molecular formula is C11H17NO4. The van der Waals surface area contributed by atoms with Crippen LogP contribution in [-0.4, -0.2) is 48.2 Å². The lowest BCUT2D eigenvalue weighted by Gasteiger charge is -2.25. The number of hydrogen-bond donors (Lipinski definition) is 0. The van der Waals surface area contributed by atoms with Crippen molar-refractivity contribution in [2.75, 3.05) is 13.2 Å². The van der Waals surface area contributed by atoms with E-state index in [1.54, 1.807) is 0 Å². The third-order valence-corrected chi connectivity index (χ3v) is 3.48. The molecule has 3 rings (SSSR count). The molecule has 3 aliphatic rings. The summed E-state index contributed by atoms with van der Waals surface area (Å²) in [4.78, 5) is 13.7. The lowest BCUT2D eigenvalue weighted by Crippen LogP contribution is -2.42. The molecule has 0 bridgehead atoms. The number of nitrogens with zero attached hydrogens (tertiary/aromatic N) is 1. The molecule has 3 saturated heterocycles. The van der Waals surface area contributed by atoms with Crippen molar-refractivity contribution >= 4 is 5.97 Å². The summed E-state index contributed by atoms with van der Waals surface area (Å²) in [5.74, 6) is -0.662. The van der Waals surface area contributed by atoms with Gasteiger partial charge in [-0.3, -0.25) is 9.69 Å². The molecule has 0 N–H and O–H groups in total. The molecule has 3 aliphatic heterocycles. The van der Waals surface area contributed by atoms with Crippen LogP contribution in [0.2, 0.25) is 0 Å². The molecule has 0 aromatic carbocycles. The Labute approximate surface area is 94.6 Å². The monoisotopic (exact) mass is 227 g/mol. The maximum absolute atomic E-state index is 11.6. The molecule has 5 nitrogen and oxygen atoms in total. The summed E-state index contributed by atoms with van der Waals surface area (Å²) in [6.07, 6.45) is 1.57. The molecule has 0 aromatic heterocycles. The highest BCUT2D eigenvalue weighted by molar-refractivity contribution is 5.78. The number of rotatable bonds is 1. The van der Waals surface area contributed by atoms with Gasteiger partial charge in [-0.15, -0.1) is 0 Å². The van der Waals surface area contributed by atoms with E-state index >= 15 is 0 Å². The molecule has 3 atom stereocenters. The minimum Gasteiger partial charge on any atom is -0.442 e. The van der Waals surface area contributed by atoms with Crippen molar-refractivity contribution in [1.29, 1.82) is 0 Å². The van der Waals surface area contributed by atoms with E-state index in [0.29, 0.717) is 6.61 Å². The van der Waals surface area contributed by atoms with Gasteiger partial charge in [0.2, 0.25) is 0 Å². The van der Waals surface area contributed by atoms with Crippen LogP contribution in [0.5, 0.6) is 0 Å². The average molecular weight is 227 g/mol. The van der Waals surface area contributed by atoms with Crippen LogP contribution in [-0.2, 0) is 19.0 Å². The molecule has 3 fully saturated rings. The van der Waals surface area contributed by atoms with E-state index in [-0.39, 0.29) is 24.3 Å². The first-order valence-corrected chi connectivity index (χ1v) is 5.85. The Kier molecular flexibility index (Phi) is 2.24.